The number of benzene rings is 2. The number of aliphatic carboxylic acids is 1. The van der Waals surface area contributed by atoms with Gasteiger partial charge in [0.05, 0.1) is 26.2 Å². The number of carboxylic acid groups (broad SMARTS) is 1. The van der Waals surface area contributed by atoms with Crippen LogP contribution in [0.4, 0.5) is 0 Å². The number of carboxylic acids is 1. The van der Waals surface area contributed by atoms with Crippen molar-refractivity contribution in [2.45, 2.75) is 12.0 Å². The monoisotopic (exact) mass is 516 g/mol. The number of likely N-dealkylation sites (tertiary alicyclic amines) is 1. The number of hydrogen-bond donors (Lipinski definition) is 1. The van der Waals surface area contributed by atoms with Gasteiger partial charge in [0.1, 0.15) is 5.75 Å². The lowest BCUT2D eigenvalue weighted by molar-refractivity contribution is -0.143. The van der Waals surface area contributed by atoms with E-state index in [0.29, 0.717) is 44.3 Å². The first-order valence-corrected chi connectivity index (χ1v) is 12.1. The molecule has 0 aliphatic carbocycles. The maximum Gasteiger partial charge on any atom is 0.309 e. The number of ether oxygens (including phenoxy) is 5. The van der Waals surface area contributed by atoms with Crippen LogP contribution >= 0.6 is 0 Å². The van der Waals surface area contributed by atoms with E-state index in [1.165, 1.54) is 0 Å². The third-order valence-electron chi connectivity index (χ3n) is 6.61. The van der Waals surface area contributed by atoms with E-state index in [2.05, 4.69) is 4.90 Å². The zero-order valence-electron chi connectivity index (χ0n) is 21.8. The third-order valence-corrected chi connectivity index (χ3v) is 6.61. The van der Waals surface area contributed by atoms with Crippen LogP contribution in [0, 0.1) is 5.92 Å². The maximum atomic E-state index is 12.2. The van der Waals surface area contributed by atoms with Gasteiger partial charge in [-0.1, -0.05) is 18.2 Å². The predicted molar refractivity (Wildman–Crippen MR) is 136 cm³/mol. The van der Waals surface area contributed by atoms with Crippen molar-refractivity contribution in [2.75, 3.05) is 68.0 Å². The van der Waals surface area contributed by atoms with E-state index in [0.717, 1.165) is 23.3 Å². The Morgan fingerprint density at radius 1 is 1.03 bits per heavy atom. The van der Waals surface area contributed by atoms with Gasteiger partial charge in [-0.15, -0.1) is 0 Å². The minimum Gasteiger partial charge on any atom is -0.497 e. The molecular formula is C27H36N2O8. The summed E-state index contributed by atoms with van der Waals surface area (Å²) in [5, 5.41) is 9.98. The Morgan fingerprint density at radius 2 is 1.65 bits per heavy atom. The third kappa shape index (κ3) is 7.12. The molecule has 2 aliphatic heterocycles. The van der Waals surface area contributed by atoms with Crippen LogP contribution in [0.5, 0.6) is 17.2 Å². The minimum absolute atomic E-state index is 0.126. The van der Waals surface area contributed by atoms with Gasteiger partial charge in [0.2, 0.25) is 13.2 Å². The highest BCUT2D eigenvalue weighted by Crippen LogP contribution is 2.47. The number of rotatable bonds is 11. The summed E-state index contributed by atoms with van der Waals surface area (Å²) >= 11 is 0. The van der Waals surface area contributed by atoms with Crippen molar-refractivity contribution in [3.8, 4) is 17.2 Å². The number of carbonyl (C=O) groups excluding carboxylic acids is 1. The van der Waals surface area contributed by atoms with Gasteiger partial charge in [-0.05, 0) is 42.4 Å². The molecule has 37 heavy (non-hydrogen) atoms. The summed E-state index contributed by atoms with van der Waals surface area (Å²) in [6.45, 7) is 3.27. The highest BCUT2D eigenvalue weighted by Gasteiger charge is 2.46. The average Bonchev–Trinajstić information content (AvgIpc) is 3.53. The summed E-state index contributed by atoms with van der Waals surface area (Å²) in [5.41, 5.74) is 1.94. The number of amides is 1. The van der Waals surface area contributed by atoms with Crippen LogP contribution in [0.1, 0.15) is 23.1 Å². The number of likely N-dealkylation sites (N-methyl/N-ethyl adjacent to an activating group) is 1. The Labute approximate surface area is 217 Å². The first-order chi connectivity index (χ1) is 17.9. The minimum atomic E-state index is -0.794. The number of methoxy groups -OCH3 is 3. The van der Waals surface area contributed by atoms with Gasteiger partial charge < -0.3 is 33.7 Å². The van der Waals surface area contributed by atoms with E-state index < -0.39 is 11.9 Å². The largest absolute Gasteiger partial charge is 0.497 e. The molecule has 1 fully saturated rings. The molecule has 3 unspecified atom stereocenters. The second-order valence-electron chi connectivity index (χ2n) is 8.87. The molecule has 3 atom stereocenters. The lowest BCUT2D eigenvalue weighted by Gasteiger charge is -2.24. The SMILES string of the molecule is COCCN(C=O)CCOC.COc1ccc(C2C(C(=O)O)C(c3ccc4c(c3)OCO4)CN2C)cc1. The second-order valence-corrected chi connectivity index (χ2v) is 8.87. The maximum absolute atomic E-state index is 12.2. The van der Waals surface area contributed by atoms with Crippen LogP contribution in [0.2, 0.25) is 0 Å². The Morgan fingerprint density at radius 3 is 2.22 bits per heavy atom. The van der Waals surface area contributed by atoms with E-state index >= 15 is 0 Å². The van der Waals surface area contributed by atoms with E-state index in [-0.39, 0.29) is 18.8 Å². The molecule has 10 heteroatoms. The fourth-order valence-corrected chi connectivity index (χ4v) is 4.69. The summed E-state index contributed by atoms with van der Waals surface area (Å²) in [6, 6.07) is 13.1. The zero-order chi connectivity index (χ0) is 26.8. The van der Waals surface area contributed by atoms with Gasteiger partial charge in [0.15, 0.2) is 11.5 Å². The number of fused-ring (bicyclic) bond motifs is 1. The normalized spacial score (nSPS) is 20.2. The van der Waals surface area contributed by atoms with E-state index in [4.69, 9.17) is 23.7 Å². The summed E-state index contributed by atoms with van der Waals surface area (Å²) in [4.78, 5) is 26.2. The molecule has 2 aromatic carbocycles. The van der Waals surface area contributed by atoms with Crippen LogP contribution in [0.15, 0.2) is 42.5 Å². The standard InChI is InChI=1S/C20H21NO5.C7H15NO3/c1-21-10-15(13-5-8-16-17(9-13)26-11-25-16)18(20(22)23)19(21)12-3-6-14(24-2)7-4-12;1-10-5-3-8(7-9)4-6-11-2/h3-9,15,18-19H,10-11H2,1-2H3,(H,22,23);7H,3-6H2,1-2H3. The number of nitrogens with zero attached hydrogens (tertiary/aromatic N) is 2. The molecule has 0 saturated carbocycles. The van der Waals surface area contributed by atoms with Gasteiger partial charge in [-0.25, -0.2) is 0 Å². The van der Waals surface area contributed by atoms with Crippen LogP contribution in [0.3, 0.4) is 0 Å². The van der Waals surface area contributed by atoms with Crippen molar-refractivity contribution >= 4 is 12.4 Å². The molecule has 0 radical (unpaired) electrons. The second kappa shape index (κ2) is 13.8. The lowest BCUT2D eigenvalue weighted by atomic mass is 9.83. The fourth-order valence-electron chi connectivity index (χ4n) is 4.69. The van der Waals surface area contributed by atoms with Gasteiger partial charge in [-0.2, -0.15) is 0 Å². The van der Waals surface area contributed by atoms with Gasteiger partial charge in [0, 0.05) is 45.8 Å². The predicted octanol–water partition coefficient (Wildman–Crippen LogP) is 2.63. The highest BCUT2D eigenvalue weighted by atomic mass is 16.7. The molecular weight excluding hydrogens is 480 g/mol. The van der Waals surface area contributed by atoms with Crippen LogP contribution in [0.25, 0.3) is 0 Å². The van der Waals surface area contributed by atoms with Crippen LogP contribution in [-0.4, -0.2) is 95.3 Å². The zero-order valence-corrected chi connectivity index (χ0v) is 21.8. The molecule has 10 nitrogen and oxygen atoms in total. The Hall–Kier alpha value is -3.34. The molecule has 2 aromatic rings. The van der Waals surface area contributed by atoms with Crippen molar-refractivity contribution in [3.05, 3.63) is 53.6 Å². The Bertz CT molecular complexity index is 1010. The summed E-state index contributed by atoms with van der Waals surface area (Å²) in [7, 11) is 6.81. The highest BCUT2D eigenvalue weighted by molar-refractivity contribution is 5.74. The van der Waals surface area contributed by atoms with Crippen molar-refractivity contribution < 1.29 is 38.4 Å². The average molecular weight is 517 g/mol. The molecule has 2 aliphatic rings. The van der Waals surface area contributed by atoms with Gasteiger partial charge in [0.25, 0.3) is 0 Å². The van der Waals surface area contributed by atoms with Crippen LogP contribution in [-0.2, 0) is 19.1 Å². The smallest absolute Gasteiger partial charge is 0.309 e. The Kier molecular flexibility index (Phi) is 10.6. The molecule has 4 rings (SSSR count). The molecule has 2 heterocycles. The van der Waals surface area contributed by atoms with E-state index in [1.54, 1.807) is 26.2 Å². The number of carbonyl (C=O) groups is 2. The molecule has 202 valence electrons. The summed E-state index contributed by atoms with van der Waals surface area (Å²) in [6.07, 6.45) is 0.804. The van der Waals surface area contributed by atoms with Crippen molar-refractivity contribution in [1.29, 1.82) is 0 Å². The first kappa shape index (κ1) is 28.2. The van der Waals surface area contributed by atoms with Gasteiger partial charge in [-0.3, -0.25) is 14.5 Å². The van der Waals surface area contributed by atoms with Crippen LogP contribution < -0.4 is 14.2 Å². The van der Waals surface area contributed by atoms with Crippen molar-refractivity contribution in [3.63, 3.8) is 0 Å². The molecule has 1 N–H and O–H groups in total. The summed E-state index contributed by atoms with van der Waals surface area (Å²) < 4.78 is 25.7. The molecule has 1 saturated heterocycles. The number of hydrogen-bond acceptors (Lipinski definition) is 8. The molecule has 0 spiro atoms. The fraction of sp³-hybridized carbons (Fsp3) is 0.481. The van der Waals surface area contributed by atoms with Gasteiger partial charge >= 0.3 is 5.97 Å². The Balaban J connectivity index is 0.000000295. The molecule has 1 amide bonds. The quantitative estimate of drug-likeness (QED) is 0.451. The molecule has 0 bridgehead atoms. The lowest BCUT2D eigenvalue weighted by Crippen LogP contribution is -2.29. The molecule has 0 aromatic heterocycles. The summed E-state index contributed by atoms with van der Waals surface area (Å²) in [5.74, 6) is 0.681. The topological polar surface area (TPSA) is 107 Å². The van der Waals surface area contributed by atoms with Crippen molar-refractivity contribution in [2.24, 2.45) is 5.92 Å². The van der Waals surface area contributed by atoms with Crippen molar-refractivity contribution in [1.82, 2.24) is 9.80 Å². The first-order valence-electron chi connectivity index (χ1n) is 12.1. The van der Waals surface area contributed by atoms with E-state index in [1.807, 2.05) is 49.5 Å². The van der Waals surface area contributed by atoms with E-state index in [9.17, 15) is 14.7 Å².